The number of ether oxygens (including phenoxy) is 1. The summed E-state index contributed by atoms with van der Waals surface area (Å²) < 4.78 is 16.8. The lowest BCUT2D eigenvalue weighted by atomic mass is 10.2. The van der Waals surface area contributed by atoms with Gasteiger partial charge in [-0.25, -0.2) is 4.79 Å². The van der Waals surface area contributed by atoms with E-state index in [9.17, 15) is 4.79 Å². The van der Waals surface area contributed by atoms with Crippen LogP contribution in [0.5, 0.6) is 0 Å². The van der Waals surface area contributed by atoms with Gasteiger partial charge in [0.1, 0.15) is 0 Å². The highest BCUT2D eigenvalue weighted by molar-refractivity contribution is 6.80. The Morgan fingerprint density at radius 3 is 2.75 bits per heavy atom. The Morgan fingerprint density at radius 2 is 2.20 bits per heavy atom. The molecule has 4 nitrogen and oxygen atoms in total. The van der Waals surface area contributed by atoms with E-state index in [-0.39, 0.29) is 0 Å². The van der Waals surface area contributed by atoms with E-state index in [1.54, 1.807) is 6.92 Å². The van der Waals surface area contributed by atoms with Gasteiger partial charge in [-0.2, -0.15) is 0 Å². The van der Waals surface area contributed by atoms with Gasteiger partial charge in [-0.15, -0.1) is 0 Å². The van der Waals surface area contributed by atoms with Crippen LogP contribution >= 0.6 is 0 Å². The molecule has 0 saturated carbocycles. The van der Waals surface area contributed by atoms with Crippen molar-refractivity contribution < 1.29 is 18.4 Å². The lowest BCUT2D eigenvalue weighted by Gasteiger charge is -2.29. The van der Waals surface area contributed by atoms with Crippen LogP contribution in [0.3, 0.4) is 0 Å². The van der Waals surface area contributed by atoms with E-state index >= 15 is 0 Å². The first-order valence-corrected chi connectivity index (χ1v) is 8.95. The van der Waals surface area contributed by atoms with Gasteiger partial charge in [0.2, 0.25) is 0 Å². The summed E-state index contributed by atoms with van der Waals surface area (Å²) in [5.41, 5.74) is 1.14. The Kier molecular flexibility index (Phi) is 6.13. The first kappa shape index (κ1) is 16.6. The van der Waals surface area contributed by atoms with Crippen LogP contribution in [0.4, 0.5) is 0 Å². The van der Waals surface area contributed by atoms with Crippen LogP contribution in [-0.2, 0) is 18.4 Å². The third kappa shape index (κ3) is 4.59. The number of carbonyl (C=O) groups is 1. The number of benzene rings is 1. The maximum absolute atomic E-state index is 11.2. The van der Waals surface area contributed by atoms with E-state index in [1.165, 1.54) is 0 Å². The quantitative estimate of drug-likeness (QED) is 0.335. The molecule has 0 saturated heterocycles. The van der Waals surface area contributed by atoms with E-state index in [0.29, 0.717) is 6.61 Å². The number of esters is 1. The van der Waals surface area contributed by atoms with Crippen molar-refractivity contribution in [3.05, 3.63) is 42.5 Å². The molecule has 0 N–H and O–H groups in total. The van der Waals surface area contributed by atoms with Crippen molar-refractivity contribution in [3.63, 3.8) is 0 Å². The van der Waals surface area contributed by atoms with E-state index < -0.39 is 20.8 Å². The molecule has 5 heteroatoms. The molecule has 0 amide bonds. The average molecular weight is 294 g/mol. The zero-order chi connectivity index (χ0) is 15.2. The van der Waals surface area contributed by atoms with Gasteiger partial charge in [0.15, 0.2) is 6.29 Å². The van der Waals surface area contributed by atoms with E-state index in [4.69, 9.17) is 13.6 Å². The van der Waals surface area contributed by atoms with Crippen molar-refractivity contribution in [2.75, 3.05) is 6.61 Å². The Bertz CT molecular complexity index is 475. The molecular formula is C15H22O4Si. The van der Waals surface area contributed by atoms with Crippen LogP contribution in [-0.4, -0.2) is 27.4 Å². The molecule has 0 aliphatic heterocycles. The fourth-order valence-corrected chi connectivity index (χ4v) is 4.43. The molecule has 110 valence electrons. The Balaban J connectivity index is 2.91. The van der Waals surface area contributed by atoms with Crippen LogP contribution in [0.1, 0.15) is 19.4 Å². The fraction of sp³-hybridized carbons (Fsp3) is 0.400. The van der Waals surface area contributed by atoms with Crippen molar-refractivity contribution >= 4 is 19.7 Å². The second-order valence-corrected chi connectivity index (χ2v) is 7.57. The largest absolute Gasteiger partial charge is 0.434 e. The Morgan fingerprint density at radius 1 is 1.50 bits per heavy atom. The maximum Gasteiger partial charge on any atom is 0.371 e. The minimum absolute atomic E-state index is 0.505. The highest BCUT2D eigenvalue weighted by Gasteiger charge is 2.36. The van der Waals surface area contributed by atoms with Crippen molar-refractivity contribution in [1.82, 2.24) is 0 Å². The first-order chi connectivity index (χ1) is 9.41. The van der Waals surface area contributed by atoms with Gasteiger partial charge in [0, 0.05) is 12.7 Å². The highest BCUT2D eigenvalue weighted by atomic mass is 28.4. The molecule has 0 bridgehead atoms. The summed E-state index contributed by atoms with van der Waals surface area (Å²) in [5.74, 6) is -0.505. The minimum atomic E-state index is -2.61. The maximum atomic E-state index is 11.2. The minimum Gasteiger partial charge on any atom is -0.434 e. The third-order valence-electron chi connectivity index (χ3n) is 2.80. The van der Waals surface area contributed by atoms with E-state index in [0.717, 1.165) is 16.8 Å². The number of hydrogen-bond acceptors (Lipinski definition) is 4. The van der Waals surface area contributed by atoms with Crippen molar-refractivity contribution in [3.8, 4) is 0 Å². The van der Waals surface area contributed by atoms with Crippen molar-refractivity contribution in [2.24, 2.45) is 0 Å². The molecule has 0 aromatic heterocycles. The predicted molar refractivity (Wildman–Crippen MR) is 80.9 cm³/mol. The summed E-state index contributed by atoms with van der Waals surface area (Å²) in [4.78, 5) is 11.2. The predicted octanol–water partition coefficient (Wildman–Crippen LogP) is 2.40. The average Bonchev–Trinajstić information content (AvgIpc) is 2.38. The van der Waals surface area contributed by atoms with Crippen LogP contribution in [0.2, 0.25) is 6.55 Å². The molecule has 1 aromatic rings. The second-order valence-electron chi connectivity index (χ2n) is 4.57. The lowest BCUT2D eigenvalue weighted by molar-refractivity contribution is -0.157. The zero-order valence-corrected chi connectivity index (χ0v) is 13.5. The second kappa shape index (κ2) is 7.38. The van der Waals surface area contributed by atoms with Gasteiger partial charge in [0.05, 0.1) is 0 Å². The molecule has 20 heavy (non-hydrogen) atoms. The number of rotatable bonds is 7. The molecule has 0 radical (unpaired) electrons. The molecule has 1 aromatic carbocycles. The van der Waals surface area contributed by atoms with Gasteiger partial charge >= 0.3 is 14.5 Å². The van der Waals surface area contributed by atoms with Crippen LogP contribution in [0.15, 0.2) is 36.9 Å². The molecule has 0 aliphatic rings. The SMILES string of the molecule is C=CC(=O)OC(C)O[Si](C)(OCC)c1cccc(C)c1. The molecule has 2 atom stereocenters. The number of hydrogen-bond donors (Lipinski definition) is 0. The summed E-state index contributed by atoms with van der Waals surface area (Å²) in [6, 6.07) is 8.02. The third-order valence-corrected chi connectivity index (χ3v) is 5.78. The number of aryl methyl sites for hydroxylation is 1. The number of carbonyl (C=O) groups excluding carboxylic acids is 1. The van der Waals surface area contributed by atoms with Crippen molar-refractivity contribution in [2.45, 2.75) is 33.6 Å². The monoisotopic (exact) mass is 294 g/mol. The van der Waals surface area contributed by atoms with Gasteiger partial charge in [-0.05, 0) is 32.5 Å². The Labute approximate surface area is 121 Å². The standard InChI is InChI=1S/C15H22O4Si/c1-6-15(16)18-13(4)19-20(5,17-7-2)14-10-8-9-12(3)11-14/h6,8-11,13H,1,7H2,2-5H3. The lowest BCUT2D eigenvalue weighted by Crippen LogP contribution is -2.53. The summed E-state index contributed by atoms with van der Waals surface area (Å²) in [6.07, 6.45) is 0.441. The Hall–Kier alpha value is -1.43. The topological polar surface area (TPSA) is 44.8 Å². The molecule has 2 unspecified atom stereocenters. The summed E-state index contributed by atoms with van der Waals surface area (Å²) >= 11 is 0. The summed E-state index contributed by atoms with van der Waals surface area (Å²) in [7, 11) is -2.61. The first-order valence-electron chi connectivity index (χ1n) is 6.63. The van der Waals surface area contributed by atoms with Crippen LogP contribution in [0, 0.1) is 6.92 Å². The molecule has 0 fully saturated rings. The van der Waals surface area contributed by atoms with Gasteiger partial charge < -0.3 is 13.6 Å². The summed E-state index contributed by atoms with van der Waals surface area (Å²) in [6.45, 7) is 11.5. The molecule has 0 spiro atoms. The summed E-state index contributed by atoms with van der Waals surface area (Å²) in [5, 5.41) is 1.01. The van der Waals surface area contributed by atoms with Crippen LogP contribution in [0.25, 0.3) is 0 Å². The van der Waals surface area contributed by atoms with Gasteiger partial charge in [-0.3, -0.25) is 0 Å². The van der Waals surface area contributed by atoms with Gasteiger partial charge in [-0.1, -0.05) is 36.4 Å². The van der Waals surface area contributed by atoms with E-state index in [2.05, 4.69) is 6.58 Å². The molecule has 0 aliphatic carbocycles. The molecule has 1 rings (SSSR count). The van der Waals surface area contributed by atoms with Crippen molar-refractivity contribution in [1.29, 1.82) is 0 Å². The fourth-order valence-electron chi connectivity index (χ4n) is 1.94. The van der Waals surface area contributed by atoms with E-state index in [1.807, 2.05) is 44.7 Å². The molecular weight excluding hydrogens is 272 g/mol. The highest BCUT2D eigenvalue weighted by Crippen LogP contribution is 2.13. The van der Waals surface area contributed by atoms with Crippen LogP contribution < -0.4 is 5.19 Å². The normalized spacial score (nSPS) is 15.2. The van der Waals surface area contributed by atoms with Gasteiger partial charge in [0.25, 0.3) is 0 Å². The zero-order valence-electron chi connectivity index (χ0n) is 12.5. The smallest absolute Gasteiger partial charge is 0.371 e. The molecule has 0 heterocycles.